The molecule has 20 heavy (non-hydrogen) atoms. The third kappa shape index (κ3) is 6.07. The number of aliphatic hydroxyl groups is 1. The number of nitrogens with zero attached hydrogens (tertiary/aromatic N) is 1. The summed E-state index contributed by atoms with van der Waals surface area (Å²) in [4.78, 5) is 13.6. The number of rotatable bonds is 5. The molecule has 118 valence electrons. The average molecular weight is 288 g/mol. The van der Waals surface area contributed by atoms with Crippen molar-refractivity contribution in [2.75, 3.05) is 39.9 Å². The lowest BCUT2D eigenvalue weighted by Crippen LogP contribution is -2.50. The smallest absolute Gasteiger partial charge is 0.410 e. The second-order valence-electron chi connectivity index (χ2n) is 6.35. The maximum atomic E-state index is 11.9. The van der Waals surface area contributed by atoms with Crippen LogP contribution < -0.4 is 5.32 Å². The van der Waals surface area contributed by atoms with E-state index in [0.29, 0.717) is 39.1 Å². The van der Waals surface area contributed by atoms with Gasteiger partial charge in [0.05, 0.1) is 18.8 Å². The van der Waals surface area contributed by atoms with E-state index in [1.807, 2.05) is 27.8 Å². The summed E-state index contributed by atoms with van der Waals surface area (Å²) < 4.78 is 10.8. The van der Waals surface area contributed by atoms with Crippen LogP contribution in [0.1, 0.15) is 33.6 Å². The summed E-state index contributed by atoms with van der Waals surface area (Å²) in [5.74, 6) is 0. The third-order valence-corrected chi connectivity index (χ3v) is 3.21. The summed E-state index contributed by atoms with van der Waals surface area (Å²) in [5, 5.41) is 13.4. The van der Waals surface area contributed by atoms with Crippen molar-refractivity contribution in [3.63, 3.8) is 0 Å². The standard InChI is InChI=1S/C14H28N2O4/c1-13(2,3)20-12(17)16-8-5-14(18,6-9-16)11-19-10-7-15-4/h15,18H,5-11H2,1-4H3. The first-order chi connectivity index (χ1) is 9.26. The van der Waals surface area contributed by atoms with Gasteiger partial charge in [-0.3, -0.25) is 0 Å². The van der Waals surface area contributed by atoms with Crippen LogP contribution in [0.4, 0.5) is 4.79 Å². The summed E-state index contributed by atoms with van der Waals surface area (Å²) in [6.45, 7) is 8.20. The van der Waals surface area contributed by atoms with Crippen molar-refractivity contribution in [1.82, 2.24) is 10.2 Å². The highest BCUT2D eigenvalue weighted by Gasteiger charge is 2.35. The summed E-state index contributed by atoms with van der Waals surface area (Å²) in [6.07, 6.45) is 0.730. The van der Waals surface area contributed by atoms with E-state index in [-0.39, 0.29) is 6.09 Å². The van der Waals surface area contributed by atoms with E-state index < -0.39 is 11.2 Å². The molecule has 1 aliphatic heterocycles. The Kier molecular flexibility index (Phi) is 6.23. The predicted octanol–water partition coefficient (Wildman–Crippen LogP) is 0.984. The Hall–Kier alpha value is -0.850. The Labute approximate surface area is 121 Å². The minimum Gasteiger partial charge on any atom is -0.444 e. The summed E-state index contributed by atoms with van der Waals surface area (Å²) in [7, 11) is 1.86. The second-order valence-corrected chi connectivity index (χ2v) is 6.35. The third-order valence-electron chi connectivity index (χ3n) is 3.21. The van der Waals surface area contributed by atoms with E-state index in [2.05, 4.69) is 5.32 Å². The molecule has 1 amide bonds. The monoisotopic (exact) mass is 288 g/mol. The molecular formula is C14H28N2O4. The van der Waals surface area contributed by atoms with Gasteiger partial charge in [-0.2, -0.15) is 0 Å². The van der Waals surface area contributed by atoms with Gasteiger partial charge in [-0.1, -0.05) is 0 Å². The van der Waals surface area contributed by atoms with Crippen molar-refractivity contribution >= 4 is 6.09 Å². The van der Waals surface area contributed by atoms with Crippen LogP contribution in [-0.2, 0) is 9.47 Å². The highest BCUT2D eigenvalue weighted by atomic mass is 16.6. The van der Waals surface area contributed by atoms with Crippen molar-refractivity contribution in [2.24, 2.45) is 0 Å². The van der Waals surface area contributed by atoms with Gasteiger partial charge < -0.3 is 24.8 Å². The van der Waals surface area contributed by atoms with Gasteiger partial charge >= 0.3 is 6.09 Å². The molecule has 0 bridgehead atoms. The fourth-order valence-corrected chi connectivity index (χ4v) is 2.01. The molecule has 0 aromatic rings. The highest BCUT2D eigenvalue weighted by Crippen LogP contribution is 2.23. The van der Waals surface area contributed by atoms with E-state index in [9.17, 15) is 9.90 Å². The quantitative estimate of drug-likeness (QED) is 0.738. The fraction of sp³-hybridized carbons (Fsp3) is 0.929. The number of carbonyl (C=O) groups is 1. The van der Waals surface area contributed by atoms with Gasteiger partial charge in [0.25, 0.3) is 0 Å². The van der Waals surface area contributed by atoms with Crippen molar-refractivity contribution in [1.29, 1.82) is 0 Å². The fourth-order valence-electron chi connectivity index (χ4n) is 2.01. The predicted molar refractivity (Wildman–Crippen MR) is 76.7 cm³/mol. The van der Waals surface area contributed by atoms with Gasteiger partial charge in [0.2, 0.25) is 0 Å². The first-order valence-electron chi connectivity index (χ1n) is 7.18. The summed E-state index contributed by atoms with van der Waals surface area (Å²) in [6, 6.07) is 0. The Morgan fingerprint density at radius 1 is 1.35 bits per heavy atom. The number of hydrogen-bond donors (Lipinski definition) is 2. The van der Waals surface area contributed by atoms with Crippen LogP contribution in [-0.4, -0.2) is 67.2 Å². The molecule has 0 spiro atoms. The zero-order chi connectivity index (χ0) is 15.2. The minimum absolute atomic E-state index is 0.310. The number of likely N-dealkylation sites (N-methyl/N-ethyl adjacent to an activating group) is 1. The van der Waals surface area contributed by atoms with Crippen LogP contribution in [0.15, 0.2) is 0 Å². The van der Waals surface area contributed by atoms with Gasteiger partial charge in [0.15, 0.2) is 0 Å². The molecule has 1 fully saturated rings. The maximum Gasteiger partial charge on any atom is 0.410 e. The van der Waals surface area contributed by atoms with E-state index in [4.69, 9.17) is 9.47 Å². The lowest BCUT2D eigenvalue weighted by molar-refractivity contribution is -0.0814. The van der Waals surface area contributed by atoms with Gasteiger partial charge in [-0.15, -0.1) is 0 Å². The molecule has 0 radical (unpaired) electrons. The van der Waals surface area contributed by atoms with Crippen LogP contribution in [0.25, 0.3) is 0 Å². The second kappa shape index (κ2) is 7.24. The van der Waals surface area contributed by atoms with Gasteiger partial charge in [0.1, 0.15) is 5.60 Å². The number of amides is 1. The average Bonchev–Trinajstić information content (AvgIpc) is 2.33. The Morgan fingerprint density at radius 3 is 2.45 bits per heavy atom. The first-order valence-corrected chi connectivity index (χ1v) is 7.18. The molecule has 0 aromatic heterocycles. The molecule has 6 heteroatoms. The van der Waals surface area contributed by atoms with Crippen molar-refractivity contribution in [3.05, 3.63) is 0 Å². The Bertz CT molecular complexity index is 307. The van der Waals surface area contributed by atoms with Crippen LogP contribution in [0.2, 0.25) is 0 Å². The van der Waals surface area contributed by atoms with Crippen molar-refractivity contribution in [3.8, 4) is 0 Å². The zero-order valence-electron chi connectivity index (χ0n) is 13.1. The first kappa shape index (κ1) is 17.2. The van der Waals surface area contributed by atoms with Crippen LogP contribution >= 0.6 is 0 Å². The topological polar surface area (TPSA) is 71.0 Å². The molecule has 0 saturated carbocycles. The van der Waals surface area contributed by atoms with E-state index in [1.54, 1.807) is 4.90 Å². The number of ether oxygens (including phenoxy) is 2. The maximum absolute atomic E-state index is 11.9. The molecule has 1 saturated heterocycles. The lowest BCUT2D eigenvalue weighted by atomic mass is 9.92. The van der Waals surface area contributed by atoms with Crippen LogP contribution in [0.3, 0.4) is 0 Å². The summed E-state index contributed by atoms with van der Waals surface area (Å²) >= 11 is 0. The Balaban J connectivity index is 2.33. The van der Waals surface area contributed by atoms with Gasteiger partial charge in [-0.05, 0) is 40.7 Å². The SMILES string of the molecule is CNCCOCC1(O)CCN(C(=O)OC(C)(C)C)CC1. The molecule has 2 N–H and O–H groups in total. The number of hydrogen-bond acceptors (Lipinski definition) is 5. The molecule has 1 heterocycles. The molecule has 0 atom stereocenters. The van der Waals surface area contributed by atoms with Crippen molar-refractivity contribution in [2.45, 2.75) is 44.8 Å². The minimum atomic E-state index is -0.827. The van der Waals surface area contributed by atoms with Gasteiger partial charge in [0, 0.05) is 19.6 Å². The number of likely N-dealkylation sites (tertiary alicyclic amines) is 1. The van der Waals surface area contributed by atoms with E-state index >= 15 is 0 Å². The van der Waals surface area contributed by atoms with E-state index in [1.165, 1.54) is 0 Å². The molecule has 6 nitrogen and oxygen atoms in total. The van der Waals surface area contributed by atoms with Crippen LogP contribution in [0.5, 0.6) is 0 Å². The molecule has 1 rings (SSSR count). The molecule has 0 unspecified atom stereocenters. The van der Waals surface area contributed by atoms with Crippen LogP contribution in [0, 0.1) is 0 Å². The van der Waals surface area contributed by atoms with E-state index in [0.717, 1.165) is 6.54 Å². The normalized spacial score (nSPS) is 18.9. The zero-order valence-corrected chi connectivity index (χ0v) is 13.1. The lowest BCUT2D eigenvalue weighted by Gasteiger charge is -2.38. The Morgan fingerprint density at radius 2 is 1.95 bits per heavy atom. The highest BCUT2D eigenvalue weighted by molar-refractivity contribution is 5.68. The van der Waals surface area contributed by atoms with Crippen molar-refractivity contribution < 1.29 is 19.4 Å². The molecule has 0 aliphatic carbocycles. The summed E-state index contributed by atoms with van der Waals surface area (Å²) in [5.41, 5.74) is -1.31. The number of nitrogens with one attached hydrogen (secondary N) is 1. The number of carbonyl (C=O) groups excluding carboxylic acids is 1. The largest absolute Gasteiger partial charge is 0.444 e. The van der Waals surface area contributed by atoms with Gasteiger partial charge in [-0.25, -0.2) is 4.79 Å². The number of piperidine rings is 1. The molecule has 1 aliphatic rings. The molecule has 0 aromatic carbocycles. The molecular weight excluding hydrogens is 260 g/mol.